The van der Waals surface area contributed by atoms with E-state index in [0.717, 1.165) is 22.4 Å². The monoisotopic (exact) mass is 357 g/mol. The van der Waals surface area contributed by atoms with Crippen molar-refractivity contribution in [2.75, 3.05) is 13.1 Å². The average molecular weight is 358 g/mol. The number of nitrogens with one attached hydrogen (secondary N) is 2. The lowest BCUT2D eigenvalue weighted by Gasteiger charge is -2.09. The predicted octanol–water partition coefficient (Wildman–Crippen LogP) is 2.73. The van der Waals surface area contributed by atoms with Crippen molar-refractivity contribution in [3.05, 3.63) is 69.7 Å². The van der Waals surface area contributed by atoms with E-state index in [1.807, 2.05) is 30.3 Å². The quantitative estimate of drug-likeness (QED) is 0.826. The van der Waals surface area contributed by atoms with Gasteiger partial charge in [0.15, 0.2) is 0 Å². The summed E-state index contributed by atoms with van der Waals surface area (Å²) in [4.78, 5) is 16.5. The van der Waals surface area contributed by atoms with E-state index in [4.69, 9.17) is 0 Å². The van der Waals surface area contributed by atoms with Gasteiger partial charge in [0.2, 0.25) is 0 Å². The van der Waals surface area contributed by atoms with E-state index in [1.165, 1.54) is 5.56 Å². The van der Waals surface area contributed by atoms with Gasteiger partial charge in [-0.2, -0.15) is 0 Å². The molecule has 1 amide bonds. The molecule has 2 aromatic rings. The fourth-order valence-corrected chi connectivity index (χ4v) is 2.85. The maximum atomic E-state index is 12.1. The topological polar surface area (TPSA) is 53.5 Å². The first kappa shape index (κ1) is 14.8. The highest BCUT2D eigenvalue weighted by Crippen LogP contribution is 2.17. The molecule has 0 aromatic heterocycles. The summed E-state index contributed by atoms with van der Waals surface area (Å²) >= 11 is 3.38. The van der Waals surface area contributed by atoms with Gasteiger partial charge in [-0.1, -0.05) is 36.4 Å². The first-order chi connectivity index (χ1) is 10.8. The Bertz CT molecular complexity index is 727. The van der Waals surface area contributed by atoms with Crippen LogP contribution in [0.15, 0.2) is 58.0 Å². The van der Waals surface area contributed by atoms with E-state index in [0.29, 0.717) is 18.7 Å². The molecule has 22 heavy (non-hydrogen) atoms. The number of hydrogen-bond donors (Lipinski definition) is 2. The van der Waals surface area contributed by atoms with Crippen LogP contribution in [0.5, 0.6) is 0 Å². The Balaban J connectivity index is 1.49. The molecule has 0 fully saturated rings. The van der Waals surface area contributed by atoms with Crippen LogP contribution in [0.3, 0.4) is 0 Å². The molecule has 0 atom stereocenters. The van der Waals surface area contributed by atoms with Crippen LogP contribution >= 0.6 is 15.9 Å². The van der Waals surface area contributed by atoms with Crippen LogP contribution in [-0.2, 0) is 6.54 Å². The van der Waals surface area contributed by atoms with E-state index in [-0.39, 0.29) is 5.91 Å². The lowest BCUT2D eigenvalue weighted by atomic mass is 10.1. The molecule has 5 heteroatoms. The van der Waals surface area contributed by atoms with E-state index in [1.54, 1.807) is 6.07 Å². The Hall–Kier alpha value is -2.14. The fraction of sp³-hybridized carbons (Fsp3) is 0.176. The number of hydrogen-bond acceptors (Lipinski definition) is 3. The maximum absolute atomic E-state index is 12.1. The maximum Gasteiger partial charge on any atom is 0.252 e. The normalized spacial score (nSPS) is 12.5. The third-order valence-electron chi connectivity index (χ3n) is 3.50. The van der Waals surface area contributed by atoms with Crippen molar-refractivity contribution in [3.8, 4) is 0 Å². The minimum Gasteiger partial charge on any atom is -0.368 e. The molecule has 0 unspecified atom stereocenters. The summed E-state index contributed by atoms with van der Waals surface area (Å²) in [5, 5.41) is 6.18. The number of amides is 1. The van der Waals surface area contributed by atoms with E-state index in [2.05, 4.69) is 43.7 Å². The van der Waals surface area contributed by atoms with Crippen molar-refractivity contribution in [2.45, 2.75) is 6.54 Å². The zero-order chi connectivity index (χ0) is 15.4. The highest BCUT2D eigenvalue weighted by molar-refractivity contribution is 9.10. The number of aliphatic imine (C=N–C) groups is 1. The smallest absolute Gasteiger partial charge is 0.252 e. The summed E-state index contributed by atoms with van der Waals surface area (Å²) in [7, 11) is 0. The molecule has 1 aliphatic rings. The van der Waals surface area contributed by atoms with Gasteiger partial charge in [-0.3, -0.25) is 9.79 Å². The van der Waals surface area contributed by atoms with Gasteiger partial charge in [0, 0.05) is 23.1 Å². The number of carbonyl (C=O) groups is 1. The molecule has 0 spiro atoms. The largest absolute Gasteiger partial charge is 0.368 e. The molecule has 112 valence electrons. The molecular formula is C17H16BrN3O. The van der Waals surface area contributed by atoms with E-state index < -0.39 is 0 Å². The zero-order valence-electron chi connectivity index (χ0n) is 12.0. The minimum atomic E-state index is -0.0805. The highest BCUT2D eigenvalue weighted by Gasteiger charge is 2.14. The molecular weight excluding hydrogens is 342 g/mol. The van der Waals surface area contributed by atoms with Gasteiger partial charge >= 0.3 is 0 Å². The number of benzene rings is 2. The Morgan fingerprint density at radius 1 is 1.09 bits per heavy atom. The van der Waals surface area contributed by atoms with Gasteiger partial charge < -0.3 is 10.6 Å². The second-order valence-electron chi connectivity index (χ2n) is 4.98. The van der Waals surface area contributed by atoms with E-state index >= 15 is 0 Å². The molecule has 1 aliphatic heterocycles. The lowest BCUT2D eigenvalue weighted by molar-refractivity contribution is 0.0953. The van der Waals surface area contributed by atoms with Gasteiger partial charge in [0.25, 0.3) is 5.91 Å². The Kier molecular flexibility index (Phi) is 4.53. The third-order valence-corrected chi connectivity index (χ3v) is 4.19. The molecule has 0 radical (unpaired) electrons. The molecule has 2 aromatic carbocycles. The van der Waals surface area contributed by atoms with Crippen molar-refractivity contribution < 1.29 is 4.79 Å². The van der Waals surface area contributed by atoms with Gasteiger partial charge in [0.1, 0.15) is 5.84 Å². The van der Waals surface area contributed by atoms with Gasteiger partial charge in [-0.05, 0) is 33.6 Å². The van der Waals surface area contributed by atoms with Crippen LogP contribution in [0.25, 0.3) is 0 Å². The van der Waals surface area contributed by atoms with E-state index in [9.17, 15) is 4.79 Å². The molecule has 0 saturated heterocycles. The lowest BCUT2D eigenvalue weighted by Crippen LogP contribution is -2.34. The van der Waals surface area contributed by atoms with Crippen molar-refractivity contribution in [2.24, 2.45) is 4.99 Å². The van der Waals surface area contributed by atoms with Crippen LogP contribution in [0.2, 0.25) is 0 Å². The highest BCUT2D eigenvalue weighted by atomic mass is 79.9. The minimum absolute atomic E-state index is 0.0805. The van der Waals surface area contributed by atoms with Crippen molar-refractivity contribution in [1.29, 1.82) is 0 Å². The number of amidine groups is 1. The molecule has 4 nitrogen and oxygen atoms in total. The molecule has 0 bridgehead atoms. The summed E-state index contributed by atoms with van der Waals surface area (Å²) in [6, 6.07) is 15.6. The van der Waals surface area contributed by atoms with Gasteiger partial charge in [0.05, 0.1) is 12.1 Å². The van der Waals surface area contributed by atoms with Crippen molar-refractivity contribution >= 4 is 27.7 Å². The second kappa shape index (κ2) is 6.75. The third kappa shape index (κ3) is 3.20. The molecule has 1 heterocycles. The summed E-state index contributed by atoms with van der Waals surface area (Å²) in [6.07, 6.45) is 0. The Morgan fingerprint density at radius 3 is 2.73 bits per heavy atom. The molecule has 3 rings (SSSR count). The van der Waals surface area contributed by atoms with Crippen LogP contribution < -0.4 is 10.6 Å². The van der Waals surface area contributed by atoms with Crippen LogP contribution in [0.4, 0.5) is 0 Å². The average Bonchev–Trinajstić information content (AvgIpc) is 2.95. The molecule has 0 saturated carbocycles. The zero-order valence-corrected chi connectivity index (χ0v) is 13.6. The predicted molar refractivity (Wildman–Crippen MR) is 91.2 cm³/mol. The number of rotatable bonds is 4. The first-order valence-electron chi connectivity index (χ1n) is 7.15. The fourth-order valence-electron chi connectivity index (χ4n) is 2.39. The number of halogens is 1. The van der Waals surface area contributed by atoms with Crippen molar-refractivity contribution in [3.63, 3.8) is 0 Å². The van der Waals surface area contributed by atoms with Crippen molar-refractivity contribution in [1.82, 2.24) is 10.6 Å². The summed E-state index contributed by atoms with van der Waals surface area (Å²) in [6.45, 7) is 1.91. The summed E-state index contributed by atoms with van der Waals surface area (Å²) in [5.41, 5.74) is 3.04. The van der Waals surface area contributed by atoms with Crippen LogP contribution in [0, 0.1) is 0 Å². The summed E-state index contributed by atoms with van der Waals surface area (Å²) in [5.74, 6) is 0.828. The second-order valence-corrected chi connectivity index (χ2v) is 5.84. The summed E-state index contributed by atoms with van der Waals surface area (Å²) < 4.78 is 0.801. The Morgan fingerprint density at radius 2 is 1.86 bits per heavy atom. The Labute approximate surface area is 137 Å². The number of fused-ring (bicyclic) bond motifs is 1. The standard InChI is InChI=1S/C17H16BrN3O/c18-15-8-4-3-7-14(15)17(22)20-10-9-19-16-13-6-2-1-5-12(13)11-21-16/h1-8H,9-11H2,(H,19,21)(H,20,22). The van der Waals surface area contributed by atoms with Gasteiger partial charge in [-0.25, -0.2) is 0 Å². The molecule has 0 aliphatic carbocycles. The number of carbonyl (C=O) groups excluding carboxylic acids is 1. The van der Waals surface area contributed by atoms with Crippen LogP contribution in [-0.4, -0.2) is 24.8 Å². The first-order valence-corrected chi connectivity index (χ1v) is 7.94. The molecule has 2 N–H and O–H groups in total. The SMILES string of the molecule is O=C(NCCNC1=NCc2ccccc21)c1ccccc1Br. The van der Waals surface area contributed by atoms with Gasteiger partial charge in [-0.15, -0.1) is 0 Å². The number of nitrogens with zero attached hydrogens (tertiary/aromatic N) is 1. The van der Waals surface area contributed by atoms with Crippen LogP contribution in [0.1, 0.15) is 21.5 Å².